The Labute approximate surface area is 132 Å². The molecule has 0 aliphatic heterocycles. The van der Waals surface area contributed by atoms with E-state index in [0.717, 1.165) is 44.9 Å². The summed E-state index contributed by atoms with van der Waals surface area (Å²) in [5.74, 6) is -1.53. The molecule has 1 aromatic rings. The number of hydrogen-bond donors (Lipinski definition) is 1. The van der Waals surface area contributed by atoms with Crippen molar-refractivity contribution < 1.29 is 22.5 Å². The lowest BCUT2D eigenvalue weighted by atomic mass is 9.82. The standard InChI is InChI=1S/C15H20F3N3O2/c16-15(17,18)13-19-12(21-23-13)14(8-3-1-2-4-9-14)20-11(22)10-6-5-7-10/h10H,1-9H2,(H,20,22). The van der Waals surface area contributed by atoms with Crippen LogP contribution in [0.15, 0.2) is 4.52 Å². The molecular weight excluding hydrogens is 311 g/mol. The monoisotopic (exact) mass is 331 g/mol. The molecule has 1 heterocycles. The zero-order chi connectivity index (χ0) is 16.5. The highest BCUT2D eigenvalue weighted by molar-refractivity contribution is 5.80. The molecule has 23 heavy (non-hydrogen) atoms. The number of amides is 1. The molecule has 3 rings (SSSR count). The number of carbonyl (C=O) groups excluding carboxylic acids is 1. The molecule has 0 atom stereocenters. The molecule has 0 saturated heterocycles. The fourth-order valence-corrected chi connectivity index (χ4v) is 3.28. The third-order valence-electron chi connectivity index (χ3n) is 4.89. The molecule has 2 aliphatic carbocycles. The van der Waals surface area contributed by atoms with Crippen LogP contribution in [-0.2, 0) is 16.5 Å². The summed E-state index contributed by atoms with van der Waals surface area (Å²) in [7, 11) is 0. The van der Waals surface area contributed by atoms with Crippen LogP contribution in [0.3, 0.4) is 0 Å². The van der Waals surface area contributed by atoms with Gasteiger partial charge in [-0.2, -0.15) is 18.2 Å². The summed E-state index contributed by atoms with van der Waals surface area (Å²) in [6.45, 7) is 0. The van der Waals surface area contributed by atoms with E-state index in [0.29, 0.717) is 12.8 Å². The van der Waals surface area contributed by atoms with E-state index in [1.807, 2.05) is 0 Å². The summed E-state index contributed by atoms with van der Waals surface area (Å²) in [4.78, 5) is 15.9. The zero-order valence-corrected chi connectivity index (χ0v) is 12.8. The van der Waals surface area contributed by atoms with E-state index in [4.69, 9.17) is 0 Å². The van der Waals surface area contributed by atoms with Gasteiger partial charge in [0.1, 0.15) is 5.54 Å². The third kappa shape index (κ3) is 3.35. The summed E-state index contributed by atoms with van der Waals surface area (Å²) in [6, 6.07) is 0. The SMILES string of the molecule is O=C(NC1(c2noc(C(F)(F)F)n2)CCCCCC1)C1CCC1. The molecule has 1 N–H and O–H groups in total. The van der Waals surface area contributed by atoms with Crippen molar-refractivity contribution in [1.29, 1.82) is 0 Å². The van der Waals surface area contributed by atoms with Crippen LogP contribution in [0.1, 0.15) is 69.5 Å². The van der Waals surface area contributed by atoms with E-state index in [1.54, 1.807) is 0 Å². The van der Waals surface area contributed by atoms with E-state index < -0.39 is 17.6 Å². The Balaban J connectivity index is 1.87. The van der Waals surface area contributed by atoms with E-state index >= 15 is 0 Å². The second-order valence-corrected chi connectivity index (χ2v) is 6.53. The largest absolute Gasteiger partial charge is 0.471 e. The molecule has 128 valence electrons. The molecule has 0 unspecified atom stereocenters. The Morgan fingerprint density at radius 2 is 1.78 bits per heavy atom. The lowest BCUT2D eigenvalue weighted by Gasteiger charge is -2.34. The molecule has 1 aromatic heterocycles. The molecule has 0 aromatic carbocycles. The first-order valence-corrected chi connectivity index (χ1v) is 8.14. The van der Waals surface area contributed by atoms with Gasteiger partial charge in [0.2, 0.25) is 5.91 Å². The number of nitrogens with one attached hydrogen (secondary N) is 1. The van der Waals surface area contributed by atoms with Crippen LogP contribution >= 0.6 is 0 Å². The normalized spacial score (nSPS) is 22.2. The Morgan fingerprint density at radius 3 is 2.26 bits per heavy atom. The molecule has 8 heteroatoms. The first-order chi connectivity index (χ1) is 10.9. The lowest BCUT2D eigenvalue weighted by Crippen LogP contribution is -2.49. The summed E-state index contributed by atoms with van der Waals surface area (Å²) in [6.07, 6.45) is 2.73. The molecule has 0 bridgehead atoms. The van der Waals surface area contributed by atoms with Gasteiger partial charge in [-0.25, -0.2) is 0 Å². The fraction of sp³-hybridized carbons (Fsp3) is 0.800. The number of alkyl halides is 3. The van der Waals surface area contributed by atoms with Crippen molar-refractivity contribution >= 4 is 5.91 Å². The molecular formula is C15H20F3N3O2. The summed E-state index contributed by atoms with van der Waals surface area (Å²) >= 11 is 0. The van der Waals surface area contributed by atoms with Crippen LogP contribution < -0.4 is 5.32 Å². The van der Waals surface area contributed by atoms with Gasteiger partial charge in [0.15, 0.2) is 5.82 Å². The highest BCUT2D eigenvalue weighted by Gasteiger charge is 2.44. The van der Waals surface area contributed by atoms with Gasteiger partial charge in [-0.3, -0.25) is 4.79 Å². The number of rotatable bonds is 3. The van der Waals surface area contributed by atoms with Gasteiger partial charge in [0.05, 0.1) is 0 Å². The van der Waals surface area contributed by atoms with Gasteiger partial charge in [0, 0.05) is 5.92 Å². The summed E-state index contributed by atoms with van der Waals surface area (Å²) < 4.78 is 42.6. The number of halogens is 3. The first-order valence-electron chi connectivity index (χ1n) is 8.14. The summed E-state index contributed by atoms with van der Waals surface area (Å²) in [5, 5.41) is 6.52. The first kappa shape index (κ1) is 16.3. The van der Waals surface area contributed by atoms with E-state index in [1.165, 1.54) is 0 Å². The Morgan fingerprint density at radius 1 is 1.13 bits per heavy atom. The van der Waals surface area contributed by atoms with Crippen molar-refractivity contribution in [3.63, 3.8) is 0 Å². The minimum Gasteiger partial charge on any atom is -0.343 e. The Bertz CT molecular complexity index is 559. The Hall–Kier alpha value is -1.60. The molecule has 2 saturated carbocycles. The molecule has 0 radical (unpaired) electrons. The van der Waals surface area contributed by atoms with Crippen LogP contribution in [0.2, 0.25) is 0 Å². The van der Waals surface area contributed by atoms with Crippen molar-refractivity contribution in [2.24, 2.45) is 5.92 Å². The average Bonchev–Trinajstić information content (AvgIpc) is 2.80. The molecule has 5 nitrogen and oxygen atoms in total. The summed E-state index contributed by atoms with van der Waals surface area (Å²) in [5.41, 5.74) is -0.934. The van der Waals surface area contributed by atoms with Crippen LogP contribution in [-0.4, -0.2) is 16.0 Å². The third-order valence-corrected chi connectivity index (χ3v) is 4.89. The van der Waals surface area contributed by atoms with Gasteiger partial charge >= 0.3 is 12.1 Å². The zero-order valence-electron chi connectivity index (χ0n) is 12.8. The van der Waals surface area contributed by atoms with Crippen LogP contribution in [0.25, 0.3) is 0 Å². The maximum atomic E-state index is 12.7. The van der Waals surface area contributed by atoms with Gasteiger partial charge in [-0.15, -0.1) is 0 Å². The number of nitrogens with zero attached hydrogens (tertiary/aromatic N) is 2. The predicted molar refractivity (Wildman–Crippen MR) is 74.2 cm³/mol. The van der Waals surface area contributed by atoms with Crippen molar-refractivity contribution in [3.8, 4) is 0 Å². The molecule has 2 fully saturated rings. The van der Waals surface area contributed by atoms with Crippen LogP contribution in [0, 0.1) is 5.92 Å². The van der Waals surface area contributed by atoms with Crippen LogP contribution in [0.5, 0.6) is 0 Å². The minimum atomic E-state index is -4.67. The van der Waals surface area contributed by atoms with E-state index in [2.05, 4.69) is 20.0 Å². The van der Waals surface area contributed by atoms with Gasteiger partial charge in [-0.1, -0.05) is 37.3 Å². The van der Waals surface area contributed by atoms with Crippen molar-refractivity contribution in [1.82, 2.24) is 15.5 Å². The van der Waals surface area contributed by atoms with Crippen LogP contribution in [0.4, 0.5) is 13.2 Å². The maximum absolute atomic E-state index is 12.7. The molecule has 1 amide bonds. The lowest BCUT2D eigenvalue weighted by molar-refractivity contribution is -0.159. The number of aromatic nitrogens is 2. The van der Waals surface area contributed by atoms with Crippen molar-refractivity contribution in [3.05, 3.63) is 11.7 Å². The average molecular weight is 331 g/mol. The highest BCUT2D eigenvalue weighted by Crippen LogP contribution is 2.38. The molecule has 2 aliphatic rings. The van der Waals surface area contributed by atoms with Gasteiger partial charge in [-0.05, 0) is 25.7 Å². The smallest absolute Gasteiger partial charge is 0.343 e. The highest BCUT2D eigenvalue weighted by atomic mass is 19.4. The van der Waals surface area contributed by atoms with Crippen molar-refractivity contribution in [2.45, 2.75) is 69.5 Å². The number of carbonyl (C=O) groups is 1. The number of hydrogen-bond acceptors (Lipinski definition) is 4. The second-order valence-electron chi connectivity index (χ2n) is 6.53. The quantitative estimate of drug-likeness (QED) is 0.860. The fourth-order valence-electron chi connectivity index (χ4n) is 3.28. The van der Waals surface area contributed by atoms with Gasteiger partial charge < -0.3 is 9.84 Å². The predicted octanol–water partition coefficient (Wildman–Crippen LogP) is 3.55. The minimum absolute atomic E-state index is 0.0379. The van der Waals surface area contributed by atoms with Crippen molar-refractivity contribution in [2.75, 3.05) is 0 Å². The van der Waals surface area contributed by atoms with E-state index in [9.17, 15) is 18.0 Å². The van der Waals surface area contributed by atoms with E-state index in [-0.39, 0.29) is 17.6 Å². The van der Waals surface area contributed by atoms with Gasteiger partial charge in [0.25, 0.3) is 0 Å². The molecule has 0 spiro atoms. The second kappa shape index (κ2) is 6.13. The Kier molecular flexibility index (Phi) is 4.33. The maximum Gasteiger partial charge on any atom is 0.471 e. The topological polar surface area (TPSA) is 68.0 Å².